The van der Waals surface area contributed by atoms with Gasteiger partial charge in [0, 0.05) is 134 Å². The third-order valence-electron chi connectivity index (χ3n) is 0. The standard InChI is InChI=1S/Ca.Pb.Sn.Sr. The molecule has 0 aromatic heterocycles. The van der Waals surface area contributed by atoms with Gasteiger partial charge in [-0.3, -0.25) is 0 Å². The molecule has 4 heteroatoms. The van der Waals surface area contributed by atoms with Gasteiger partial charge < -0.3 is 0 Å². The Morgan fingerprint density at radius 2 is 1.00 bits per heavy atom. The molecule has 0 aliphatic heterocycles. The Labute approximate surface area is 130 Å². The first-order chi connectivity index (χ1) is 0. The van der Waals surface area contributed by atoms with E-state index < -0.39 is 0 Å². The second kappa shape index (κ2) is 15.7. The third kappa shape index (κ3) is 9.68. The summed E-state index contributed by atoms with van der Waals surface area (Å²) in [5, 5.41) is 0. The predicted octanol–water partition coefficient (Wildman–Crippen LogP) is -1.52. The third-order valence-corrected chi connectivity index (χ3v) is 0. The van der Waals surface area contributed by atoms with Crippen LogP contribution in [0.25, 0.3) is 0 Å². The largest absolute Gasteiger partial charge is 0 e. The molecule has 0 aliphatic rings. The van der Waals surface area contributed by atoms with E-state index in [0.29, 0.717) is 0 Å². The number of hydrogen-bond donors (Lipinski definition) is 0. The van der Waals surface area contributed by atoms with E-state index in [1.807, 2.05) is 0 Å². The molecule has 4 heavy (non-hydrogen) atoms. The molecule has 12 valence electrons. The van der Waals surface area contributed by atoms with Crippen molar-refractivity contribution in [3.05, 3.63) is 0 Å². The minimum Gasteiger partial charge on any atom is 0 e. The molecule has 0 atom stereocenters. The van der Waals surface area contributed by atoms with Gasteiger partial charge in [0.1, 0.15) is 0 Å². The molecule has 0 heterocycles. The smallest absolute Gasteiger partial charge is 0 e. The fourth-order valence-corrected chi connectivity index (χ4v) is 0. The summed E-state index contributed by atoms with van der Waals surface area (Å²) in [4.78, 5) is 0. The van der Waals surface area contributed by atoms with E-state index >= 15 is 0 Å². The van der Waals surface area contributed by atoms with Crippen molar-refractivity contribution in [1.29, 1.82) is 0 Å². The summed E-state index contributed by atoms with van der Waals surface area (Å²) in [7, 11) is 0. The molecule has 0 bridgehead atoms. The van der Waals surface area contributed by atoms with Gasteiger partial charge in [-0.25, -0.2) is 0 Å². The molecule has 0 aromatic carbocycles. The maximum atomic E-state index is 0. The van der Waals surface area contributed by atoms with E-state index in [0.717, 1.165) is 0 Å². The van der Waals surface area contributed by atoms with Crippen molar-refractivity contribution in [2.75, 3.05) is 0 Å². The molecule has 0 amide bonds. The van der Waals surface area contributed by atoms with Crippen LogP contribution >= 0.6 is 0 Å². The van der Waals surface area contributed by atoms with Crippen LogP contribution in [-0.2, 0) is 0 Å². The van der Waals surface area contributed by atoms with Crippen molar-refractivity contribution in [3.8, 4) is 0 Å². The molecule has 0 aliphatic carbocycles. The zero-order valence-electron chi connectivity index (χ0n) is 2.41. The topological polar surface area (TPSA) is 0 Å². The average Bonchev–Trinajstić information content (AvgIpc) is 0. The van der Waals surface area contributed by atoms with Crippen LogP contribution in [0.1, 0.15) is 0 Å². The second-order valence-corrected chi connectivity index (χ2v) is 0. The number of hydrogen-bond acceptors (Lipinski definition) is 0. The van der Waals surface area contributed by atoms with E-state index in [4.69, 9.17) is 0 Å². The van der Waals surface area contributed by atoms with Crippen molar-refractivity contribution in [2.24, 2.45) is 0 Å². The van der Waals surface area contributed by atoms with Crippen LogP contribution in [0, 0.1) is 0 Å². The van der Waals surface area contributed by atoms with Crippen molar-refractivity contribution in [3.63, 3.8) is 0 Å². The fraction of sp³-hybridized carbons (Fsp3) is 0. The summed E-state index contributed by atoms with van der Waals surface area (Å²) in [6.45, 7) is 0. The first-order valence-electron chi connectivity index (χ1n) is 0. The summed E-state index contributed by atoms with van der Waals surface area (Å²) in [6, 6.07) is 0. The van der Waals surface area contributed by atoms with Gasteiger partial charge in [-0.15, -0.1) is 0 Å². The predicted molar refractivity (Wildman–Crippen MR) is 23.0 cm³/mol. The molecule has 0 aromatic rings. The normalized spacial score (nSPS) is 0. The molecule has 0 spiro atoms. The van der Waals surface area contributed by atoms with Crippen LogP contribution in [0.3, 0.4) is 0 Å². The van der Waals surface area contributed by atoms with Crippen molar-refractivity contribution < 1.29 is 0 Å². The Morgan fingerprint density at radius 3 is 1.00 bits per heavy atom. The Morgan fingerprint density at radius 1 is 1.00 bits per heavy atom. The molecule has 0 nitrogen and oxygen atoms in total. The minimum absolute atomic E-state index is 0. The number of rotatable bonds is 0. The van der Waals surface area contributed by atoms with Crippen molar-refractivity contribution in [1.82, 2.24) is 0 Å². The molecule has 0 unspecified atom stereocenters. The minimum atomic E-state index is 0. The van der Waals surface area contributed by atoms with E-state index in [-0.39, 0.29) is 134 Å². The fourth-order valence-electron chi connectivity index (χ4n) is 0. The molecule has 0 saturated carbocycles. The Kier molecular flexibility index (Phi) is 92.6. The van der Waals surface area contributed by atoms with Crippen LogP contribution in [0.5, 0.6) is 0 Å². The molecule has 0 rings (SSSR count). The first-order valence-corrected chi connectivity index (χ1v) is 0. The summed E-state index contributed by atoms with van der Waals surface area (Å²) in [6.07, 6.45) is 0. The Hall–Kier alpha value is 4.46. The molecular weight excluding hydrogens is 454 g/mol. The summed E-state index contributed by atoms with van der Waals surface area (Å²) in [5.74, 6) is 0. The summed E-state index contributed by atoms with van der Waals surface area (Å²) >= 11 is 0. The SMILES string of the molecule is [Ca].[Pb].[Sn].[Sr]. The maximum absolute atomic E-state index is 0. The molecule has 0 N–H and O–H groups in total. The van der Waals surface area contributed by atoms with E-state index in [9.17, 15) is 0 Å². The molecule has 12 radical (unpaired) electrons. The van der Waals surface area contributed by atoms with Crippen LogP contribution < -0.4 is 0 Å². The monoisotopic (exact) mass is 456 g/mol. The van der Waals surface area contributed by atoms with Gasteiger partial charge in [0.15, 0.2) is 0 Å². The van der Waals surface area contributed by atoms with Crippen molar-refractivity contribution >= 4 is 134 Å². The first kappa shape index (κ1) is 23.7. The Balaban J connectivity index is 0. The maximum Gasteiger partial charge on any atom is 0 e. The van der Waals surface area contributed by atoms with Crippen LogP contribution in [0.4, 0.5) is 0 Å². The van der Waals surface area contributed by atoms with E-state index in [1.54, 1.807) is 0 Å². The van der Waals surface area contributed by atoms with Gasteiger partial charge in [0.05, 0.1) is 0 Å². The Bertz CT molecular complexity index is 8.00. The summed E-state index contributed by atoms with van der Waals surface area (Å²) < 4.78 is 0. The van der Waals surface area contributed by atoms with Gasteiger partial charge in [-0.2, -0.15) is 0 Å². The quantitative estimate of drug-likeness (QED) is 0.391. The van der Waals surface area contributed by atoms with Gasteiger partial charge in [-0.05, 0) is 0 Å². The molecule has 0 saturated heterocycles. The van der Waals surface area contributed by atoms with E-state index in [1.165, 1.54) is 0 Å². The molecular formula is CaPbSnSr. The average molecular weight is 454 g/mol. The van der Waals surface area contributed by atoms with Crippen molar-refractivity contribution in [2.45, 2.75) is 0 Å². The zero-order valence-corrected chi connectivity index (χ0v) is 14.8. The van der Waals surface area contributed by atoms with Gasteiger partial charge in [-0.1, -0.05) is 0 Å². The van der Waals surface area contributed by atoms with Crippen LogP contribution in [0.2, 0.25) is 0 Å². The van der Waals surface area contributed by atoms with Crippen LogP contribution in [-0.4, -0.2) is 134 Å². The second-order valence-electron chi connectivity index (χ2n) is 0. The van der Waals surface area contributed by atoms with Gasteiger partial charge >= 0.3 is 0 Å². The van der Waals surface area contributed by atoms with Gasteiger partial charge in [0.2, 0.25) is 0 Å². The van der Waals surface area contributed by atoms with E-state index in [2.05, 4.69) is 0 Å². The van der Waals surface area contributed by atoms with Crippen LogP contribution in [0.15, 0.2) is 0 Å². The molecule has 0 fully saturated rings. The summed E-state index contributed by atoms with van der Waals surface area (Å²) in [5.41, 5.74) is 0. The zero-order chi connectivity index (χ0) is 0. The van der Waals surface area contributed by atoms with Gasteiger partial charge in [0.25, 0.3) is 0 Å².